The highest BCUT2D eigenvalue weighted by Crippen LogP contribution is 2.14. The Balaban J connectivity index is 2.82. The highest BCUT2D eigenvalue weighted by Gasteiger charge is 2.37. The zero-order valence-corrected chi connectivity index (χ0v) is 13.4. The Kier molecular flexibility index (Phi) is 4.80. The minimum Gasteiger partial charge on any atom is -0.479 e. The lowest BCUT2D eigenvalue weighted by Crippen LogP contribution is -2.56. The van der Waals surface area contributed by atoms with E-state index < -0.39 is 23.2 Å². The van der Waals surface area contributed by atoms with Gasteiger partial charge in [0.25, 0.3) is 0 Å². The third-order valence-electron chi connectivity index (χ3n) is 2.33. The van der Waals surface area contributed by atoms with Gasteiger partial charge in [0.1, 0.15) is 5.60 Å². The first kappa shape index (κ1) is 16.5. The third-order valence-corrected chi connectivity index (χ3v) is 2.74. The molecule has 20 heavy (non-hydrogen) atoms. The number of aromatic nitrogens is 2. The molecule has 1 amide bonds. The summed E-state index contributed by atoms with van der Waals surface area (Å²) in [7, 11) is 0. The van der Waals surface area contributed by atoms with Gasteiger partial charge in [0.15, 0.2) is 5.54 Å². The molecule has 1 heterocycles. The van der Waals surface area contributed by atoms with E-state index in [2.05, 4.69) is 26.3 Å². The van der Waals surface area contributed by atoms with Crippen LogP contribution in [0.25, 0.3) is 0 Å². The highest BCUT2D eigenvalue weighted by atomic mass is 79.9. The van der Waals surface area contributed by atoms with Gasteiger partial charge in [-0.3, -0.25) is 4.68 Å². The van der Waals surface area contributed by atoms with Crippen molar-refractivity contribution in [3.05, 3.63) is 16.9 Å². The average molecular weight is 348 g/mol. The molecular weight excluding hydrogens is 330 g/mol. The van der Waals surface area contributed by atoms with Crippen molar-refractivity contribution in [1.29, 1.82) is 0 Å². The van der Waals surface area contributed by atoms with Crippen LogP contribution in [0.3, 0.4) is 0 Å². The predicted molar refractivity (Wildman–Crippen MR) is 75.3 cm³/mol. The molecule has 7 nitrogen and oxygen atoms in total. The molecule has 1 aromatic heterocycles. The number of alkyl carbamates (subject to hydrolysis) is 1. The number of amides is 1. The van der Waals surface area contributed by atoms with Crippen LogP contribution in [0.5, 0.6) is 0 Å². The molecule has 1 aromatic rings. The number of carboxylic acids is 1. The van der Waals surface area contributed by atoms with Crippen LogP contribution in [0, 0.1) is 0 Å². The normalized spacial score (nSPS) is 14.4. The Bertz CT molecular complexity index is 509. The molecule has 0 spiro atoms. The van der Waals surface area contributed by atoms with E-state index >= 15 is 0 Å². The summed E-state index contributed by atoms with van der Waals surface area (Å²) in [6.45, 7) is 6.49. The molecular formula is C12H18BrN3O4. The number of halogens is 1. The molecule has 8 heteroatoms. The van der Waals surface area contributed by atoms with Gasteiger partial charge in [-0.25, -0.2) is 9.59 Å². The molecule has 112 valence electrons. The van der Waals surface area contributed by atoms with E-state index in [0.29, 0.717) is 0 Å². The fourth-order valence-electron chi connectivity index (χ4n) is 1.44. The Morgan fingerprint density at radius 1 is 1.45 bits per heavy atom. The lowest BCUT2D eigenvalue weighted by Gasteiger charge is -2.28. The van der Waals surface area contributed by atoms with Gasteiger partial charge in [0.05, 0.1) is 17.2 Å². The summed E-state index contributed by atoms with van der Waals surface area (Å²) >= 11 is 3.22. The summed E-state index contributed by atoms with van der Waals surface area (Å²) in [5.74, 6) is -1.17. The number of hydrogen-bond acceptors (Lipinski definition) is 4. The number of carbonyl (C=O) groups excluding carboxylic acids is 1. The molecule has 0 aliphatic heterocycles. The standard InChI is InChI=1S/C12H18BrN3O4/c1-11(2,3)20-10(19)15-12(4,9(17)18)7-16-6-8(13)5-14-16/h5-6H,7H2,1-4H3,(H,15,19)(H,17,18). The maximum atomic E-state index is 11.7. The zero-order valence-electron chi connectivity index (χ0n) is 11.8. The van der Waals surface area contributed by atoms with Gasteiger partial charge in [0, 0.05) is 6.20 Å². The number of hydrogen-bond donors (Lipinski definition) is 2. The minimum atomic E-state index is -1.52. The molecule has 0 aromatic carbocycles. The van der Waals surface area contributed by atoms with Gasteiger partial charge < -0.3 is 15.2 Å². The van der Waals surface area contributed by atoms with E-state index in [1.165, 1.54) is 17.8 Å². The molecule has 1 rings (SSSR count). The Labute approximate surface area is 125 Å². The molecule has 2 N–H and O–H groups in total. The van der Waals surface area contributed by atoms with Gasteiger partial charge in [0.2, 0.25) is 0 Å². The molecule has 0 bridgehead atoms. The predicted octanol–water partition coefficient (Wildman–Crippen LogP) is 2.01. The van der Waals surface area contributed by atoms with Crippen LogP contribution >= 0.6 is 15.9 Å². The molecule has 0 aliphatic carbocycles. The van der Waals surface area contributed by atoms with Crippen LogP contribution in [0.2, 0.25) is 0 Å². The van der Waals surface area contributed by atoms with Gasteiger partial charge >= 0.3 is 12.1 Å². The summed E-state index contributed by atoms with van der Waals surface area (Å²) < 4.78 is 7.22. The van der Waals surface area contributed by atoms with E-state index in [-0.39, 0.29) is 6.54 Å². The van der Waals surface area contributed by atoms with Crippen LogP contribution < -0.4 is 5.32 Å². The van der Waals surface area contributed by atoms with Gasteiger partial charge in [-0.15, -0.1) is 0 Å². The highest BCUT2D eigenvalue weighted by molar-refractivity contribution is 9.10. The molecule has 0 saturated heterocycles. The SMILES string of the molecule is CC(C)(C)OC(=O)NC(C)(Cn1cc(Br)cn1)C(=O)O. The van der Waals surface area contributed by atoms with E-state index in [1.807, 2.05) is 0 Å². The number of carboxylic acid groups (broad SMARTS) is 1. The van der Waals surface area contributed by atoms with Crippen molar-refractivity contribution in [2.75, 3.05) is 0 Å². The summed E-state index contributed by atoms with van der Waals surface area (Å²) in [6.07, 6.45) is 2.38. The smallest absolute Gasteiger partial charge is 0.408 e. The Morgan fingerprint density at radius 3 is 2.45 bits per heavy atom. The lowest BCUT2D eigenvalue weighted by molar-refractivity contribution is -0.144. The maximum Gasteiger partial charge on any atom is 0.408 e. The third kappa shape index (κ3) is 4.84. The molecule has 0 aliphatic rings. The van der Waals surface area contributed by atoms with E-state index in [1.54, 1.807) is 27.0 Å². The maximum absolute atomic E-state index is 11.7. The van der Waals surface area contributed by atoms with Crippen LogP contribution in [0.1, 0.15) is 27.7 Å². The summed E-state index contributed by atoms with van der Waals surface area (Å²) in [5.41, 5.74) is -2.22. The van der Waals surface area contributed by atoms with Gasteiger partial charge in [-0.05, 0) is 43.6 Å². The topological polar surface area (TPSA) is 93.5 Å². The van der Waals surface area contributed by atoms with Crippen molar-refractivity contribution in [3.8, 4) is 0 Å². The van der Waals surface area contributed by atoms with Crippen molar-refractivity contribution in [3.63, 3.8) is 0 Å². The van der Waals surface area contributed by atoms with Gasteiger partial charge in [-0.2, -0.15) is 5.10 Å². The van der Waals surface area contributed by atoms with Crippen LogP contribution in [-0.4, -0.2) is 38.1 Å². The van der Waals surface area contributed by atoms with Crippen molar-refractivity contribution in [1.82, 2.24) is 15.1 Å². The fourth-order valence-corrected chi connectivity index (χ4v) is 1.77. The summed E-state index contributed by atoms with van der Waals surface area (Å²) in [6, 6.07) is 0. The monoisotopic (exact) mass is 347 g/mol. The van der Waals surface area contributed by atoms with E-state index in [4.69, 9.17) is 4.74 Å². The van der Waals surface area contributed by atoms with Crippen molar-refractivity contribution in [2.24, 2.45) is 0 Å². The second-order valence-electron chi connectivity index (χ2n) is 5.62. The van der Waals surface area contributed by atoms with E-state index in [0.717, 1.165) is 4.47 Å². The van der Waals surface area contributed by atoms with Crippen LogP contribution in [0.15, 0.2) is 16.9 Å². The second kappa shape index (κ2) is 5.82. The van der Waals surface area contributed by atoms with Gasteiger partial charge in [-0.1, -0.05) is 0 Å². The average Bonchev–Trinajstić information content (AvgIpc) is 2.59. The summed E-state index contributed by atoms with van der Waals surface area (Å²) in [5, 5.41) is 15.7. The first-order valence-electron chi connectivity index (χ1n) is 5.94. The van der Waals surface area contributed by atoms with Crippen molar-refractivity contribution >= 4 is 28.0 Å². The number of carbonyl (C=O) groups is 2. The Morgan fingerprint density at radius 2 is 2.05 bits per heavy atom. The minimum absolute atomic E-state index is 0.0207. The number of nitrogens with zero attached hydrogens (tertiary/aromatic N) is 2. The lowest BCUT2D eigenvalue weighted by atomic mass is 10.0. The second-order valence-corrected chi connectivity index (χ2v) is 6.54. The first-order valence-corrected chi connectivity index (χ1v) is 6.74. The largest absolute Gasteiger partial charge is 0.479 e. The molecule has 0 fully saturated rings. The zero-order chi connectivity index (χ0) is 15.6. The number of rotatable bonds is 4. The quantitative estimate of drug-likeness (QED) is 0.868. The Hall–Kier alpha value is -1.57. The van der Waals surface area contributed by atoms with Crippen LogP contribution in [0.4, 0.5) is 4.79 Å². The molecule has 0 saturated carbocycles. The number of ether oxygens (including phenoxy) is 1. The van der Waals surface area contributed by atoms with Crippen molar-refractivity contribution < 1.29 is 19.4 Å². The molecule has 1 atom stereocenters. The van der Waals surface area contributed by atoms with E-state index in [9.17, 15) is 14.7 Å². The number of nitrogens with one attached hydrogen (secondary N) is 1. The fraction of sp³-hybridized carbons (Fsp3) is 0.583. The van der Waals surface area contributed by atoms with Crippen LogP contribution in [-0.2, 0) is 16.1 Å². The first-order chi connectivity index (χ1) is 9.02. The number of aliphatic carboxylic acids is 1. The molecule has 0 radical (unpaired) electrons. The molecule has 1 unspecified atom stereocenters. The van der Waals surface area contributed by atoms with Crippen molar-refractivity contribution in [2.45, 2.75) is 45.4 Å². The summed E-state index contributed by atoms with van der Waals surface area (Å²) in [4.78, 5) is 23.1.